The molecule has 0 aromatic heterocycles. The van der Waals surface area contributed by atoms with E-state index >= 15 is 0 Å². The molecule has 36 heavy (non-hydrogen) atoms. The number of hydrogen-bond acceptors (Lipinski definition) is 5. The molecule has 184 valence electrons. The Morgan fingerprint density at radius 3 is 2.44 bits per heavy atom. The number of para-hydroxylation sites is 1. The van der Waals surface area contributed by atoms with Crippen LogP contribution in [-0.4, -0.2) is 66.4 Å². The van der Waals surface area contributed by atoms with Gasteiger partial charge in [0.15, 0.2) is 0 Å². The summed E-state index contributed by atoms with van der Waals surface area (Å²) in [7, 11) is 0. The minimum absolute atomic E-state index is 0.215. The van der Waals surface area contributed by atoms with Gasteiger partial charge in [-0.15, -0.1) is 0 Å². The summed E-state index contributed by atoms with van der Waals surface area (Å²) in [6, 6.07) is 19.3. The smallest absolute Gasteiger partial charge is 0.325 e. The predicted molar refractivity (Wildman–Crippen MR) is 133 cm³/mol. The molecule has 1 atom stereocenters. The van der Waals surface area contributed by atoms with Crippen molar-refractivity contribution < 1.29 is 23.9 Å². The average molecular weight is 487 g/mol. The van der Waals surface area contributed by atoms with Crippen LogP contribution in [0.5, 0.6) is 0 Å². The minimum Gasteiger partial charge on any atom is -0.378 e. The maximum atomic E-state index is 13.3. The highest BCUT2D eigenvalue weighted by molar-refractivity contribution is 6.11. The van der Waals surface area contributed by atoms with Gasteiger partial charge in [-0.1, -0.05) is 48.5 Å². The number of hydrogen-bond donors (Lipinski definition) is 2. The molecule has 9 nitrogen and oxygen atoms in total. The van der Waals surface area contributed by atoms with Crippen LogP contribution in [-0.2, 0) is 19.9 Å². The summed E-state index contributed by atoms with van der Waals surface area (Å²) in [5.41, 5.74) is -0.01000. The normalized spacial score (nSPS) is 19.9. The molecule has 0 spiro atoms. The van der Waals surface area contributed by atoms with E-state index in [0.717, 1.165) is 15.7 Å². The summed E-state index contributed by atoms with van der Waals surface area (Å²) in [5.74, 6) is -1.31. The van der Waals surface area contributed by atoms with Gasteiger partial charge < -0.3 is 20.3 Å². The summed E-state index contributed by atoms with van der Waals surface area (Å²) in [5, 5.41) is 7.39. The second kappa shape index (κ2) is 9.43. The van der Waals surface area contributed by atoms with E-state index in [1.54, 1.807) is 42.2 Å². The molecule has 0 saturated carbocycles. The van der Waals surface area contributed by atoms with Crippen molar-refractivity contribution in [3.8, 4) is 0 Å². The molecule has 3 aromatic rings. The second-order valence-electron chi connectivity index (χ2n) is 9.01. The van der Waals surface area contributed by atoms with E-state index in [-0.39, 0.29) is 5.91 Å². The van der Waals surface area contributed by atoms with Crippen molar-refractivity contribution in [1.29, 1.82) is 0 Å². The molecule has 0 bridgehead atoms. The second-order valence-corrected chi connectivity index (χ2v) is 9.01. The lowest BCUT2D eigenvalue weighted by Crippen LogP contribution is -2.42. The van der Waals surface area contributed by atoms with Crippen LogP contribution in [0.4, 0.5) is 10.5 Å². The summed E-state index contributed by atoms with van der Waals surface area (Å²) in [6.07, 6.45) is 0. The molecule has 1 unspecified atom stereocenters. The summed E-state index contributed by atoms with van der Waals surface area (Å²) >= 11 is 0. The van der Waals surface area contributed by atoms with Gasteiger partial charge in [-0.3, -0.25) is 19.3 Å². The van der Waals surface area contributed by atoms with Crippen LogP contribution in [0.1, 0.15) is 22.8 Å². The molecule has 2 saturated heterocycles. The number of ether oxygens (including phenoxy) is 1. The Hall–Kier alpha value is -4.24. The van der Waals surface area contributed by atoms with Gasteiger partial charge in [0.1, 0.15) is 12.1 Å². The average Bonchev–Trinajstić information content (AvgIpc) is 3.12. The molecule has 2 heterocycles. The third-order valence-electron chi connectivity index (χ3n) is 6.63. The fourth-order valence-electron chi connectivity index (χ4n) is 4.59. The Morgan fingerprint density at radius 1 is 0.972 bits per heavy atom. The fraction of sp³-hybridized carbons (Fsp3) is 0.259. The first-order valence-corrected chi connectivity index (χ1v) is 11.8. The number of imide groups is 1. The monoisotopic (exact) mass is 486 g/mol. The van der Waals surface area contributed by atoms with E-state index < -0.39 is 29.9 Å². The third kappa shape index (κ3) is 4.29. The van der Waals surface area contributed by atoms with Crippen molar-refractivity contribution in [1.82, 2.24) is 15.1 Å². The van der Waals surface area contributed by atoms with Gasteiger partial charge in [-0.2, -0.15) is 0 Å². The number of fused-ring (bicyclic) bond motifs is 1. The molecule has 2 aliphatic heterocycles. The minimum atomic E-state index is -1.30. The van der Waals surface area contributed by atoms with Crippen molar-refractivity contribution in [2.45, 2.75) is 12.5 Å². The van der Waals surface area contributed by atoms with Gasteiger partial charge in [-0.05, 0) is 41.5 Å². The van der Waals surface area contributed by atoms with Crippen LogP contribution in [0.25, 0.3) is 10.8 Å². The van der Waals surface area contributed by atoms with Gasteiger partial charge in [0.25, 0.3) is 11.8 Å². The van der Waals surface area contributed by atoms with Crippen LogP contribution in [0.3, 0.4) is 0 Å². The number of urea groups is 1. The molecule has 5 rings (SSSR count). The molecule has 9 heteroatoms. The molecule has 2 fully saturated rings. The third-order valence-corrected chi connectivity index (χ3v) is 6.63. The number of anilines is 1. The zero-order chi connectivity index (χ0) is 25.3. The van der Waals surface area contributed by atoms with E-state index in [2.05, 4.69) is 10.6 Å². The SMILES string of the molecule is CC1(c2ccc3ccccc3c2)NC(=O)N(CC(=O)Nc2ccccc2C(=O)N2CCOCC2)C1=O. The van der Waals surface area contributed by atoms with Crippen molar-refractivity contribution in [3.63, 3.8) is 0 Å². The molecule has 0 aliphatic carbocycles. The number of carbonyl (C=O) groups is 4. The van der Waals surface area contributed by atoms with Crippen molar-refractivity contribution >= 4 is 40.2 Å². The number of nitrogens with zero attached hydrogens (tertiary/aromatic N) is 2. The lowest BCUT2D eigenvalue weighted by Gasteiger charge is -2.27. The van der Waals surface area contributed by atoms with E-state index in [0.29, 0.717) is 43.1 Å². The summed E-state index contributed by atoms with van der Waals surface area (Å²) < 4.78 is 5.31. The van der Waals surface area contributed by atoms with E-state index in [1.165, 1.54) is 0 Å². The highest BCUT2D eigenvalue weighted by atomic mass is 16.5. The number of carbonyl (C=O) groups excluding carboxylic acids is 4. The van der Waals surface area contributed by atoms with Crippen molar-refractivity contribution in [2.75, 3.05) is 38.2 Å². The Bertz CT molecular complexity index is 1370. The Kier molecular flexibility index (Phi) is 6.15. The van der Waals surface area contributed by atoms with Gasteiger partial charge >= 0.3 is 6.03 Å². The first-order chi connectivity index (χ1) is 17.4. The molecular formula is C27H26N4O5. The first kappa shape index (κ1) is 23.5. The fourth-order valence-corrected chi connectivity index (χ4v) is 4.59. The van der Waals surface area contributed by atoms with Gasteiger partial charge in [0, 0.05) is 13.1 Å². The van der Waals surface area contributed by atoms with Crippen LogP contribution < -0.4 is 10.6 Å². The van der Waals surface area contributed by atoms with Crippen LogP contribution in [0.15, 0.2) is 66.7 Å². The number of amides is 5. The van der Waals surface area contributed by atoms with Gasteiger partial charge in [0.2, 0.25) is 5.91 Å². The highest BCUT2D eigenvalue weighted by Crippen LogP contribution is 2.31. The van der Waals surface area contributed by atoms with Crippen molar-refractivity contribution in [2.24, 2.45) is 0 Å². The number of rotatable bonds is 5. The number of morpholine rings is 1. The topological polar surface area (TPSA) is 108 Å². The predicted octanol–water partition coefficient (Wildman–Crippen LogP) is 2.72. The molecule has 2 N–H and O–H groups in total. The quantitative estimate of drug-likeness (QED) is 0.539. The Labute approximate surface area is 208 Å². The number of benzene rings is 3. The Balaban J connectivity index is 1.32. The lowest BCUT2D eigenvalue weighted by molar-refractivity contribution is -0.133. The zero-order valence-corrected chi connectivity index (χ0v) is 19.8. The molecule has 3 aromatic carbocycles. The largest absolute Gasteiger partial charge is 0.378 e. The molecule has 5 amide bonds. The van der Waals surface area contributed by atoms with Crippen LogP contribution >= 0.6 is 0 Å². The van der Waals surface area contributed by atoms with E-state index in [1.807, 2.05) is 36.4 Å². The van der Waals surface area contributed by atoms with Gasteiger partial charge in [-0.25, -0.2) is 4.79 Å². The standard InChI is InChI=1S/C27H26N4O5/c1-27(20-11-10-18-6-2-3-7-19(18)16-20)25(34)31(26(35)29-27)17-23(32)28-22-9-5-4-8-21(22)24(33)30-12-14-36-15-13-30/h2-11,16H,12-15,17H2,1H3,(H,28,32)(H,29,35). The van der Waals surface area contributed by atoms with Gasteiger partial charge in [0.05, 0.1) is 24.5 Å². The summed E-state index contributed by atoms with van der Waals surface area (Å²) in [4.78, 5) is 54.5. The maximum absolute atomic E-state index is 13.3. The van der Waals surface area contributed by atoms with Crippen molar-refractivity contribution in [3.05, 3.63) is 77.9 Å². The molecule has 0 radical (unpaired) electrons. The van der Waals surface area contributed by atoms with E-state index in [4.69, 9.17) is 4.74 Å². The van der Waals surface area contributed by atoms with E-state index in [9.17, 15) is 19.2 Å². The lowest BCUT2D eigenvalue weighted by atomic mass is 9.90. The zero-order valence-electron chi connectivity index (χ0n) is 19.8. The molecular weight excluding hydrogens is 460 g/mol. The van der Waals surface area contributed by atoms with Crippen LogP contribution in [0, 0.1) is 0 Å². The molecule has 2 aliphatic rings. The summed E-state index contributed by atoms with van der Waals surface area (Å²) in [6.45, 7) is 3.01. The number of nitrogens with one attached hydrogen (secondary N) is 2. The first-order valence-electron chi connectivity index (χ1n) is 11.8. The Morgan fingerprint density at radius 2 is 1.67 bits per heavy atom. The highest BCUT2D eigenvalue weighted by Gasteiger charge is 2.49. The van der Waals surface area contributed by atoms with Crippen LogP contribution in [0.2, 0.25) is 0 Å². The maximum Gasteiger partial charge on any atom is 0.325 e.